The van der Waals surface area contributed by atoms with Crippen LogP contribution in [0.25, 0.3) is 0 Å². The number of nitrogens with two attached hydrogens (primary N) is 1. The molecule has 21 heavy (non-hydrogen) atoms. The summed E-state index contributed by atoms with van der Waals surface area (Å²) < 4.78 is 0. The molecular formula is C17H27N3O. The fraction of sp³-hybridized carbons (Fsp3) is 0.588. The molecule has 3 N–H and O–H groups in total. The molecule has 0 aromatic heterocycles. The summed E-state index contributed by atoms with van der Waals surface area (Å²) in [6.45, 7) is 4.47. The van der Waals surface area contributed by atoms with E-state index < -0.39 is 0 Å². The molecule has 116 valence electrons. The van der Waals surface area contributed by atoms with Crippen LogP contribution in [-0.4, -0.2) is 26.0 Å². The Hall–Kier alpha value is -1.71. The molecular weight excluding hydrogens is 262 g/mol. The monoisotopic (exact) mass is 289 g/mol. The van der Waals surface area contributed by atoms with Crippen molar-refractivity contribution in [2.45, 2.75) is 39.2 Å². The number of nitrogen functional groups attached to an aromatic ring is 1. The zero-order valence-electron chi connectivity index (χ0n) is 13.5. The fourth-order valence-corrected chi connectivity index (χ4v) is 3.38. The third kappa shape index (κ3) is 3.31. The molecule has 3 atom stereocenters. The summed E-state index contributed by atoms with van der Waals surface area (Å²) in [6.07, 6.45) is 3.49. The first-order valence-corrected chi connectivity index (χ1v) is 7.81. The number of nitrogens with one attached hydrogen (secondary N) is 1. The topological polar surface area (TPSA) is 58.4 Å². The number of rotatable bonds is 4. The molecule has 1 fully saturated rings. The Bertz CT molecular complexity index is 513. The highest BCUT2D eigenvalue weighted by Gasteiger charge is 2.32. The minimum Gasteiger partial charge on any atom is -0.397 e. The van der Waals surface area contributed by atoms with Gasteiger partial charge in [-0.25, -0.2) is 0 Å². The first kappa shape index (κ1) is 15.7. The average Bonchev–Trinajstić information content (AvgIpc) is 2.79. The van der Waals surface area contributed by atoms with Crippen LogP contribution in [-0.2, 0) is 0 Å². The summed E-state index contributed by atoms with van der Waals surface area (Å²) >= 11 is 0. The average molecular weight is 289 g/mol. The minimum atomic E-state index is -0.0133. The summed E-state index contributed by atoms with van der Waals surface area (Å²) in [7, 11) is 3.88. The van der Waals surface area contributed by atoms with Gasteiger partial charge in [-0.3, -0.25) is 4.79 Å². The number of amides is 1. The van der Waals surface area contributed by atoms with Gasteiger partial charge in [0.15, 0.2) is 0 Å². The molecule has 1 aliphatic carbocycles. The maximum absolute atomic E-state index is 12.4. The van der Waals surface area contributed by atoms with Crippen molar-refractivity contribution in [1.82, 2.24) is 5.32 Å². The zero-order chi connectivity index (χ0) is 15.6. The Labute approximate surface area is 127 Å². The SMILES string of the molecule is CCC1CCC(NC(=O)c2ccc(N(C)C)c(N)c2)C1C. The summed E-state index contributed by atoms with van der Waals surface area (Å²) in [6, 6.07) is 5.80. The summed E-state index contributed by atoms with van der Waals surface area (Å²) in [5, 5.41) is 3.18. The van der Waals surface area contributed by atoms with Crippen LogP contribution >= 0.6 is 0 Å². The third-order valence-corrected chi connectivity index (χ3v) is 4.84. The first-order chi connectivity index (χ1) is 9.93. The Balaban J connectivity index is 2.06. The van der Waals surface area contributed by atoms with E-state index in [9.17, 15) is 4.79 Å². The van der Waals surface area contributed by atoms with E-state index in [4.69, 9.17) is 5.73 Å². The normalized spacial score (nSPS) is 24.9. The molecule has 1 amide bonds. The lowest BCUT2D eigenvalue weighted by Gasteiger charge is -2.21. The molecule has 1 aromatic rings. The van der Waals surface area contributed by atoms with Crippen molar-refractivity contribution < 1.29 is 4.79 Å². The molecule has 0 aliphatic heterocycles. The van der Waals surface area contributed by atoms with Crippen LogP contribution in [0.2, 0.25) is 0 Å². The molecule has 3 unspecified atom stereocenters. The lowest BCUT2D eigenvalue weighted by molar-refractivity contribution is 0.0926. The quantitative estimate of drug-likeness (QED) is 0.838. The van der Waals surface area contributed by atoms with E-state index in [-0.39, 0.29) is 11.9 Å². The molecule has 1 aliphatic rings. The van der Waals surface area contributed by atoms with E-state index in [1.165, 1.54) is 12.8 Å². The smallest absolute Gasteiger partial charge is 0.251 e. The van der Waals surface area contributed by atoms with Gasteiger partial charge in [0.1, 0.15) is 0 Å². The van der Waals surface area contributed by atoms with Crippen molar-refractivity contribution in [3.05, 3.63) is 23.8 Å². The van der Waals surface area contributed by atoms with Crippen LogP contribution in [0.3, 0.4) is 0 Å². The van der Waals surface area contributed by atoms with Gasteiger partial charge >= 0.3 is 0 Å². The van der Waals surface area contributed by atoms with Gasteiger partial charge < -0.3 is 16.0 Å². The van der Waals surface area contributed by atoms with Crippen molar-refractivity contribution in [3.8, 4) is 0 Å². The maximum atomic E-state index is 12.4. The fourth-order valence-electron chi connectivity index (χ4n) is 3.38. The van der Waals surface area contributed by atoms with Crippen LogP contribution in [0.15, 0.2) is 18.2 Å². The molecule has 0 bridgehead atoms. The number of benzene rings is 1. The Kier molecular flexibility index (Phi) is 4.76. The summed E-state index contributed by atoms with van der Waals surface area (Å²) in [5.41, 5.74) is 8.24. The number of anilines is 2. The third-order valence-electron chi connectivity index (χ3n) is 4.84. The Morgan fingerprint density at radius 1 is 1.38 bits per heavy atom. The molecule has 0 spiro atoms. The van der Waals surface area contributed by atoms with E-state index in [1.807, 2.05) is 31.1 Å². The Morgan fingerprint density at radius 2 is 2.10 bits per heavy atom. The van der Waals surface area contributed by atoms with Crippen molar-refractivity contribution in [3.63, 3.8) is 0 Å². The standard InChI is InChI=1S/C17H27N3O/c1-5-12-6-8-15(11(12)2)19-17(21)13-7-9-16(20(3)4)14(18)10-13/h7,9-12,15H,5-6,8,18H2,1-4H3,(H,19,21). The summed E-state index contributed by atoms with van der Waals surface area (Å²) in [5.74, 6) is 1.27. The number of hydrogen-bond acceptors (Lipinski definition) is 3. The van der Waals surface area contributed by atoms with E-state index in [1.54, 1.807) is 6.07 Å². The first-order valence-electron chi connectivity index (χ1n) is 7.81. The van der Waals surface area contributed by atoms with Gasteiger partial charge in [0, 0.05) is 25.7 Å². The molecule has 4 nitrogen and oxygen atoms in total. The highest BCUT2D eigenvalue weighted by Crippen LogP contribution is 2.34. The van der Waals surface area contributed by atoms with Crippen LogP contribution in [0.4, 0.5) is 11.4 Å². The largest absolute Gasteiger partial charge is 0.397 e. The van der Waals surface area contributed by atoms with Gasteiger partial charge in [-0.1, -0.05) is 20.3 Å². The highest BCUT2D eigenvalue weighted by atomic mass is 16.1. The molecule has 0 saturated heterocycles. The van der Waals surface area contributed by atoms with Gasteiger partial charge in [0.25, 0.3) is 5.91 Å². The van der Waals surface area contributed by atoms with Gasteiger partial charge in [-0.15, -0.1) is 0 Å². The van der Waals surface area contributed by atoms with Crippen molar-refractivity contribution in [1.29, 1.82) is 0 Å². The minimum absolute atomic E-state index is 0.0133. The highest BCUT2D eigenvalue weighted by molar-refractivity contribution is 5.96. The number of carbonyl (C=O) groups excluding carboxylic acids is 1. The second-order valence-electron chi connectivity index (χ2n) is 6.35. The number of carbonyl (C=O) groups is 1. The number of hydrogen-bond donors (Lipinski definition) is 2. The van der Waals surface area contributed by atoms with Crippen molar-refractivity contribution in [2.24, 2.45) is 11.8 Å². The second-order valence-corrected chi connectivity index (χ2v) is 6.35. The second kappa shape index (κ2) is 6.37. The van der Waals surface area contributed by atoms with E-state index in [0.29, 0.717) is 17.2 Å². The van der Waals surface area contributed by atoms with Crippen LogP contribution in [0.5, 0.6) is 0 Å². The van der Waals surface area contributed by atoms with Crippen molar-refractivity contribution in [2.75, 3.05) is 24.7 Å². The zero-order valence-corrected chi connectivity index (χ0v) is 13.5. The van der Waals surface area contributed by atoms with E-state index >= 15 is 0 Å². The van der Waals surface area contributed by atoms with Gasteiger partial charge in [0.2, 0.25) is 0 Å². The molecule has 0 heterocycles. The van der Waals surface area contributed by atoms with E-state index in [2.05, 4.69) is 19.2 Å². The maximum Gasteiger partial charge on any atom is 0.251 e. The lowest BCUT2D eigenvalue weighted by atomic mass is 9.93. The summed E-state index contributed by atoms with van der Waals surface area (Å²) in [4.78, 5) is 14.3. The lowest BCUT2D eigenvalue weighted by Crippen LogP contribution is -2.37. The predicted molar refractivity (Wildman–Crippen MR) is 88.6 cm³/mol. The van der Waals surface area contributed by atoms with Gasteiger partial charge in [0.05, 0.1) is 11.4 Å². The molecule has 2 rings (SSSR count). The van der Waals surface area contributed by atoms with Crippen LogP contribution in [0.1, 0.15) is 43.5 Å². The Morgan fingerprint density at radius 3 is 2.62 bits per heavy atom. The van der Waals surface area contributed by atoms with Crippen LogP contribution < -0.4 is 16.0 Å². The van der Waals surface area contributed by atoms with Gasteiger partial charge in [-0.2, -0.15) is 0 Å². The molecule has 1 aromatic carbocycles. The van der Waals surface area contributed by atoms with Crippen molar-refractivity contribution >= 4 is 17.3 Å². The predicted octanol–water partition coefficient (Wildman–Crippen LogP) is 2.89. The van der Waals surface area contributed by atoms with E-state index in [0.717, 1.165) is 18.0 Å². The van der Waals surface area contributed by atoms with Gasteiger partial charge in [-0.05, 0) is 42.9 Å². The number of nitrogens with zero attached hydrogens (tertiary/aromatic N) is 1. The van der Waals surface area contributed by atoms with Crippen LogP contribution in [0, 0.1) is 11.8 Å². The molecule has 4 heteroatoms. The molecule has 1 saturated carbocycles. The molecule has 0 radical (unpaired) electrons.